The van der Waals surface area contributed by atoms with E-state index in [4.69, 9.17) is 0 Å². The molecule has 0 N–H and O–H groups in total. The van der Waals surface area contributed by atoms with Crippen LogP contribution in [0.1, 0.15) is 42.9 Å². The predicted octanol–water partition coefficient (Wildman–Crippen LogP) is 4.67. The van der Waals surface area contributed by atoms with E-state index in [1.54, 1.807) is 5.56 Å². The van der Waals surface area contributed by atoms with Crippen LogP contribution in [0.4, 0.5) is 0 Å². The first kappa shape index (κ1) is 10.7. The molecule has 3 atom stereocenters. The Morgan fingerprint density at radius 3 is 2.50 bits per heavy atom. The molecule has 1 aliphatic carbocycles. The molecule has 1 aliphatic heterocycles. The zero-order chi connectivity index (χ0) is 10.8. The van der Waals surface area contributed by atoms with Gasteiger partial charge in [0.05, 0.1) is 0 Å². The molecular formula is C15H20S. The average molecular weight is 232 g/mol. The molecule has 2 aliphatic rings. The lowest BCUT2D eigenvalue weighted by Gasteiger charge is -2.39. The van der Waals surface area contributed by atoms with E-state index in [1.165, 1.54) is 37.9 Å². The number of rotatable bonds is 1. The summed E-state index contributed by atoms with van der Waals surface area (Å²) in [5.74, 6) is 3.48. The molecule has 2 fully saturated rings. The second kappa shape index (κ2) is 4.83. The smallest absolute Gasteiger partial charge is 0.0300 e. The lowest BCUT2D eigenvalue weighted by molar-refractivity contribution is 0.237. The molecule has 16 heavy (non-hydrogen) atoms. The predicted molar refractivity (Wildman–Crippen MR) is 71.7 cm³/mol. The number of benzene rings is 1. The molecule has 0 nitrogen and oxygen atoms in total. The number of hydrogen-bond acceptors (Lipinski definition) is 1. The summed E-state index contributed by atoms with van der Waals surface area (Å²) in [6.07, 6.45) is 7.39. The highest BCUT2D eigenvalue weighted by atomic mass is 32.2. The van der Waals surface area contributed by atoms with Crippen LogP contribution in [0.3, 0.4) is 0 Å². The van der Waals surface area contributed by atoms with Gasteiger partial charge in [0.2, 0.25) is 0 Å². The van der Waals surface area contributed by atoms with Crippen molar-refractivity contribution >= 4 is 11.8 Å². The second-order valence-corrected chi connectivity index (χ2v) is 6.51. The first-order valence-corrected chi connectivity index (χ1v) is 7.65. The van der Waals surface area contributed by atoms with Gasteiger partial charge >= 0.3 is 0 Å². The van der Waals surface area contributed by atoms with E-state index >= 15 is 0 Å². The Hall–Kier alpha value is -0.430. The highest BCUT2D eigenvalue weighted by molar-refractivity contribution is 7.99. The van der Waals surface area contributed by atoms with Crippen molar-refractivity contribution in [2.24, 2.45) is 11.8 Å². The Kier molecular flexibility index (Phi) is 3.23. The molecule has 0 spiro atoms. The Balaban J connectivity index is 1.71. The van der Waals surface area contributed by atoms with Gasteiger partial charge in [0.15, 0.2) is 0 Å². The summed E-state index contributed by atoms with van der Waals surface area (Å²) < 4.78 is 0. The fraction of sp³-hybridized carbons (Fsp3) is 0.600. The fourth-order valence-electron chi connectivity index (χ4n) is 3.30. The van der Waals surface area contributed by atoms with Crippen molar-refractivity contribution in [2.75, 3.05) is 5.75 Å². The van der Waals surface area contributed by atoms with Crippen LogP contribution in [-0.4, -0.2) is 5.75 Å². The highest BCUT2D eigenvalue weighted by Gasteiger charge is 2.32. The first-order valence-electron chi connectivity index (χ1n) is 6.60. The van der Waals surface area contributed by atoms with Gasteiger partial charge in [-0.05, 0) is 36.0 Å². The molecule has 1 heterocycles. The van der Waals surface area contributed by atoms with Gasteiger partial charge in [0, 0.05) is 5.25 Å². The lowest BCUT2D eigenvalue weighted by atomic mass is 9.77. The molecule has 0 bridgehead atoms. The Morgan fingerprint density at radius 2 is 1.69 bits per heavy atom. The topological polar surface area (TPSA) is 0 Å². The Labute approximate surface area is 103 Å². The van der Waals surface area contributed by atoms with Crippen LogP contribution in [0.5, 0.6) is 0 Å². The normalized spacial score (nSPS) is 34.4. The highest BCUT2D eigenvalue weighted by Crippen LogP contribution is 2.48. The number of fused-ring (bicyclic) bond motifs is 1. The van der Waals surface area contributed by atoms with Gasteiger partial charge in [-0.1, -0.05) is 49.6 Å². The van der Waals surface area contributed by atoms with E-state index in [1.807, 2.05) is 0 Å². The van der Waals surface area contributed by atoms with Crippen molar-refractivity contribution < 1.29 is 0 Å². The standard InChI is InChI=1S/C15H20S/c1-2-6-12(7-3-1)15-10-13-8-4-5-9-14(13)11-16-15/h1-3,6-7,13-15H,4-5,8-11H2/t13-,14+,15-/m0/s1. The van der Waals surface area contributed by atoms with Crippen LogP contribution in [-0.2, 0) is 0 Å². The SMILES string of the molecule is c1ccc([C@@H]2C[C@@H]3CCCC[C@@H]3CS2)cc1. The fourth-order valence-corrected chi connectivity index (χ4v) is 4.95. The summed E-state index contributed by atoms with van der Waals surface area (Å²) in [7, 11) is 0. The largest absolute Gasteiger partial charge is 0.153 e. The van der Waals surface area contributed by atoms with Crippen LogP contribution in [0.15, 0.2) is 30.3 Å². The van der Waals surface area contributed by atoms with E-state index in [0.717, 1.165) is 17.1 Å². The van der Waals surface area contributed by atoms with Gasteiger partial charge in [0.1, 0.15) is 0 Å². The molecule has 0 unspecified atom stereocenters. The minimum atomic E-state index is 0.778. The molecule has 1 saturated carbocycles. The van der Waals surface area contributed by atoms with Gasteiger partial charge < -0.3 is 0 Å². The van der Waals surface area contributed by atoms with Gasteiger partial charge in [0.25, 0.3) is 0 Å². The van der Waals surface area contributed by atoms with Crippen LogP contribution in [0, 0.1) is 11.8 Å². The summed E-state index contributed by atoms with van der Waals surface area (Å²) in [5.41, 5.74) is 1.55. The zero-order valence-corrected chi connectivity index (χ0v) is 10.6. The zero-order valence-electron chi connectivity index (χ0n) is 9.77. The van der Waals surface area contributed by atoms with Crippen molar-refractivity contribution in [1.82, 2.24) is 0 Å². The monoisotopic (exact) mass is 232 g/mol. The van der Waals surface area contributed by atoms with E-state index in [-0.39, 0.29) is 0 Å². The summed E-state index contributed by atoms with van der Waals surface area (Å²) in [6, 6.07) is 11.1. The van der Waals surface area contributed by atoms with Crippen molar-refractivity contribution in [3.63, 3.8) is 0 Å². The third kappa shape index (κ3) is 2.15. The van der Waals surface area contributed by atoms with E-state index in [9.17, 15) is 0 Å². The maximum atomic E-state index is 2.31. The van der Waals surface area contributed by atoms with E-state index in [0.29, 0.717) is 0 Å². The van der Waals surface area contributed by atoms with Crippen LogP contribution >= 0.6 is 11.8 Å². The lowest BCUT2D eigenvalue weighted by Crippen LogP contribution is -2.27. The molecule has 0 aromatic heterocycles. The van der Waals surface area contributed by atoms with Crippen molar-refractivity contribution in [1.29, 1.82) is 0 Å². The van der Waals surface area contributed by atoms with Crippen molar-refractivity contribution in [2.45, 2.75) is 37.4 Å². The molecule has 3 rings (SSSR count). The number of hydrogen-bond donors (Lipinski definition) is 0. The summed E-state index contributed by atoms with van der Waals surface area (Å²) >= 11 is 2.20. The average Bonchev–Trinajstić information content (AvgIpc) is 2.39. The van der Waals surface area contributed by atoms with E-state index < -0.39 is 0 Å². The van der Waals surface area contributed by atoms with E-state index in [2.05, 4.69) is 42.1 Å². The Morgan fingerprint density at radius 1 is 0.938 bits per heavy atom. The summed E-state index contributed by atoms with van der Waals surface area (Å²) in [5, 5.41) is 0.778. The number of thioether (sulfide) groups is 1. The minimum absolute atomic E-state index is 0.778. The van der Waals surface area contributed by atoms with Crippen molar-refractivity contribution in [3.8, 4) is 0 Å². The molecule has 1 saturated heterocycles. The molecule has 1 heteroatoms. The molecule has 0 radical (unpaired) electrons. The van der Waals surface area contributed by atoms with Crippen LogP contribution in [0.2, 0.25) is 0 Å². The van der Waals surface area contributed by atoms with Gasteiger partial charge in [-0.3, -0.25) is 0 Å². The molecule has 86 valence electrons. The summed E-state index contributed by atoms with van der Waals surface area (Å²) in [6.45, 7) is 0. The molecule has 1 aromatic carbocycles. The molecule has 0 amide bonds. The van der Waals surface area contributed by atoms with Gasteiger partial charge in [-0.25, -0.2) is 0 Å². The van der Waals surface area contributed by atoms with Crippen molar-refractivity contribution in [3.05, 3.63) is 35.9 Å². The van der Waals surface area contributed by atoms with Gasteiger partial charge in [-0.15, -0.1) is 0 Å². The quantitative estimate of drug-likeness (QED) is 0.678. The third-order valence-electron chi connectivity index (χ3n) is 4.27. The molecule has 1 aromatic rings. The van der Waals surface area contributed by atoms with Gasteiger partial charge in [-0.2, -0.15) is 11.8 Å². The maximum absolute atomic E-state index is 2.31. The van der Waals surface area contributed by atoms with Crippen LogP contribution in [0.25, 0.3) is 0 Å². The maximum Gasteiger partial charge on any atom is 0.0300 e. The second-order valence-electron chi connectivity index (χ2n) is 5.27. The summed E-state index contributed by atoms with van der Waals surface area (Å²) in [4.78, 5) is 0. The van der Waals surface area contributed by atoms with Crippen LogP contribution < -0.4 is 0 Å². The minimum Gasteiger partial charge on any atom is -0.153 e. The Bertz CT molecular complexity index is 333. The third-order valence-corrected chi connectivity index (χ3v) is 5.75. The first-order chi connectivity index (χ1) is 7.93. The molecular weight excluding hydrogens is 212 g/mol.